The van der Waals surface area contributed by atoms with Crippen LogP contribution in [0, 0.1) is 31.1 Å². The molecule has 164 valence electrons. The number of aryl methyl sites for hydroxylation is 1. The van der Waals surface area contributed by atoms with Gasteiger partial charge in [-0.15, -0.1) is 0 Å². The highest BCUT2D eigenvalue weighted by Crippen LogP contribution is 2.24. The Kier molecular flexibility index (Phi) is 8.67. The number of amides is 1. The molecule has 0 spiro atoms. The maximum atomic E-state index is 12.5. The maximum absolute atomic E-state index is 12.5. The number of nitriles is 1. The predicted molar refractivity (Wildman–Crippen MR) is 114 cm³/mol. The molecule has 0 unspecified atom stereocenters. The molecule has 7 heteroatoms. The summed E-state index contributed by atoms with van der Waals surface area (Å²) < 4.78 is 12.5. The highest BCUT2D eigenvalue weighted by molar-refractivity contribution is 5.99. The number of ether oxygens (including phenoxy) is 2. The van der Waals surface area contributed by atoms with Gasteiger partial charge in [-0.1, -0.05) is 19.8 Å². The van der Waals surface area contributed by atoms with Crippen LogP contribution in [0.3, 0.4) is 0 Å². The van der Waals surface area contributed by atoms with Crippen LogP contribution in [0.5, 0.6) is 0 Å². The van der Waals surface area contributed by atoms with E-state index < -0.39 is 12.1 Å². The molecular formula is C23H33N3O4. The van der Waals surface area contributed by atoms with E-state index in [0.29, 0.717) is 19.1 Å². The van der Waals surface area contributed by atoms with Crippen LogP contribution in [0.15, 0.2) is 11.6 Å². The number of carbonyl (C=O) groups excluding carboxylic acids is 2. The molecule has 0 radical (unpaired) electrons. The lowest BCUT2D eigenvalue weighted by atomic mass is 9.86. The zero-order chi connectivity index (χ0) is 22.3. The van der Waals surface area contributed by atoms with Crippen LogP contribution in [0.4, 0.5) is 0 Å². The van der Waals surface area contributed by atoms with Crippen LogP contribution in [0.2, 0.25) is 0 Å². The first-order valence-corrected chi connectivity index (χ1v) is 10.6. The number of hydrogen-bond acceptors (Lipinski definition) is 5. The van der Waals surface area contributed by atoms with E-state index in [1.807, 2.05) is 26.0 Å². The van der Waals surface area contributed by atoms with Crippen molar-refractivity contribution in [3.63, 3.8) is 0 Å². The van der Waals surface area contributed by atoms with Gasteiger partial charge in [0.05, 0.1) is 6.61 Å². The van der Waals surface area contributed by atoms with Gasteiger partial charge in [0.15, 0.2) is 6.10 Å². The predicted octanol–water partition coefficient (Wildman–Crippen LogP) is 3.28. The highest BCUT2D eigenvalue weighted by atomic mass is 16.5. The summed E-state index contributed by atoms with van der Waals surface area (Å²) in [4.78, 5) is 25.0. The van der Waals surface area contributed by atoms with E-state index in [1.165, 1.54) is 19.4 Å². The minimum absolute atomic E-state index is 0.107. The van der Waals surface area contributed by atoms with Crippen molar-refractivity contribution in [1.29, 1.82) is 5.26 Å². The summed E-state index contributed by atoms with van der Waals surface area (Å²) in [5.74, 6) is -0.704. The molecule has 3 atom stereocenters. The Bertz CT molecular complexity index is 834. The summed E-state index contributed by atoms with van der Waals surface area (Å²) in [6, 6.07) is 3.92. The van der Waals surface area contributed by atoms with Crippen molar-refractivity contribution in [2.75, 3.05) is 13.7 Å². The smallest absolute Gasteiger partial charge is 0.349 e. The van der Waals surface area contributed by atoms with Gasteiger partial charge in [0.1, 0.15) is 11.6 Å². The third-order valence-electron chi connectivity index (χ3n) is 5.86. The SMILES string of the molecule is COCCn1c(C)cc(/C=C(\C#N)C(=O)O[C@H](C)C(=O)N[C@@H]2CCCC[C@@H]2C)c1C. The van der Waals surface area contributed by atoms with Crippen LogP contribution in [-0.4, -0.2) is 42.3 Å². The van der Waals surface area contributed by atoms with E-state index >= 15 is 0 Å². The van der Waals surface area contributed by atoms with Crippen LogP contribution in [0.25, 0.3) is 6.08 Å². The second-order valence-corrected chi connectivity index (χ2v) is 8.07. The van der Waals surface area contributed by atoms with Gasteiger partial charge < -0.3 is 19.4 Å². The average molecular weight is 416 g/mol. The first-order valence-electron chi connectivity index (χ1n) is 10.6. The van der Waals surface area contributed by atoms with Crippen LogP contribution >= 0.6 is 0 Å². The molecule has 1 amide bonds. The molecule has 1 aromatic rings. The standard InChI is InChI=1S/C23H33N3O4/c1-15-8-6-7-9-21(15)25-22(27)18(4)30-23(28)20(14-24)13-19-12-16(2)26(17(19)3)10-11-29-5/h12-13,15,18,21H,6-11H2,1-5H3,(H,25,27)/b20-13+/t15-,18+,21+/m0/s1. The molecule has 1 aromatic heterocycles. The Morgan fingerprint density at radius 2 is 2.07 bits per heavy atom. The van der Waals surface area contributed by atoms with Crippen molar-refractivity contribution >= 4 is 18.0 Å². The Morgan fingerprint density at radius 1 is 1.37 bits per heavy atom. The molecule has 1 heterocycles. The quantitative estimate of drug-likeness (QED) is 0.399. The van der Waals surface area contributed by atoms with Gasteiger partial charge in [-0.25, -0.2) is 4.79 Å². The number of rotatable bonds is 8. The molecular weight excluding hydrogens is 382 g/mol. The molecule has 1 fully saturated rings. The van der Waals surface area contributed by atoms with Gasteiger partial charge in [-0.3, -0.25) is 4.79 Å². The molecule has 0 aromatic carbocycles. The molecule has 1 aliphatic carbocycles. The largest absolute Gasteiger partial charge is 0.448 e. The van der Waals surface area contributed by atoms with Crippen molar-refractivity contribution in [2.24, 2.45) is 5.92 Å². The monoisotopic (exact) mass is 415 g/mol. The van der Waals surface area contributed by atoms with E-state index in [1.54, 1.807) is 7.11 Å². The average Bonchev–Trinajstić information content (AvgIpc) is 2.98. The minimum atomic E-state index is -0.961. The Morgan fingerprint density at radius 3 is 2.70 bits per heavy atom. The van der Waals surface area contributed by atoms with Crippen LogP contribution < -0.4 is 5.32 Å². The first-order chi connectivity index (χ1) is 14.3. The third-order valence-corrected chi connectivity index (χ3v) is 5.86. The van der Waals surface area contributed by atoms with Crippen molar-refractivity contribution in [1.82, 2.24) is 9.88 Å². The topological polar surface area (TPSA) is 93.3 Å². The Labute approximate surface area is 179 Å². The molecule has 30 heavy (non-hydrogen) atoms. The molecule has 1 N–H and O–H groups in total. The number of carbonyl (C=O) groups is 2. The van der Waals surface area contributed by atoms with Gasteiger partial charge in [-0.05, 0) is 57.2 Å². The van der Waals surface area contributed by atoms with E-state index in [0.717, 1.165) is 36.2 Å². The second kappa shape index (κ2) is 11.0. The normalized spacial score (nSPS) is 20.3. The fourth-order valence-corrected chi connectivity index (χ4v) is 3.90. The van der Waals surface area contributed by atoms with Gasteiger partial charge in [0.25, 0.3) is 5.91 Å². The summed E-state index contributed by atoms with van der Waals surface area (Å²) >= 11 is 0. The summed E-state index contributed by atoms with van der Waals surface area (Å²) in [5.41, 5.74) is 2.58. The van der Waals surface area contributed by atoms with Crippen LogP contribution in [-0.2, 0) is 25.6 Å². The molecule has 0 saturated heterocycles. The molecule has 0 aliphatic heterocycles. The van der Waals surface area contributed by atoms with Gasteiger partial charge in [-0.2, -0.15) is 5.26 Å². The maximum Gasteiger partial charge on any atom is 0.349 e. The summed E-state index contributed by atoms with van der Waals surface area (Å²) in [7, 11) is 1.64. The molecule has 2 rings (SSSR count). The lowest BCUT2D eigenvalue weighted by molar-refractivity contribution is -0.151. The number of esters is 1. The van der Waals surface area contributed by atoms with Crippen molar-refractivity contribution in [3.8, 4) is 6.07 Å². The van der Waals surface area contributed by atoms with E-state index in [-0.39, 0.29) is 17.5 Å². The van der Waals surface area contributed by atoms with E-state index in [9.17, 15) is 14.9 Å². The van der Waals surface area contributed by atoms with E-state index in [2.05, 4.69) is 16.8 Å². The van der Waals surface area contributed by atoms with Crippen LogP contribution in [0.1, 0.15) is 56.5 Å². The Hall–Kier alpha value is -2.59. The number of nitrogens with zero attached hydrogens (tertiary/aromatic N) is 2. The zero-order valence-electron chi connectivity index (χ0n) is 18.7. The summed E-state index contributed by atoms with van der Waals surface area (Å²) in [6.07, 6.45) is 4.85. The van der Waals surface area contributed by atoms with Crippen molar-refractivity contribution in [3.05, 3.63) is 28.6 Å². The highest BCUT2D eigenvalue weighted by Gasteiger charge is 2.27. The number of nitrogens with one attached hydrogen (secondary N) is 1. The van der Waals surface area contributed by atoms with Gasteiger partial charge in [0.2, 0.25) is 0 Å². The summed E-state index contributed by atoms with van der Waals surface area (Å²) in [6.45, 7) is 8.80. The lowest BCUT2D eigenvalue weighted by Gasteiger charge is -2.30. The zero-order valence-corrected chi connectivity index (χ0v) is 18.7. The number of aromatic nitrogens is 1. The molecule has 0 bridgehead atoms. The fourth-order valence-electron chi connectivity index (χ4n) is 3.90. The summed E-state index contributed by atoms with van der Waals surface area (Å²) in [5, 5.41) is 12.5. The number of hydrogen-bond donors (Lipinski definition) is 1. The number of methoxy groups -OCH3 is 1. The van der Waals surface area contributed by atoms with Gasteiger partial charge >= 0.3 is 5.97 Å². The van der Waals surface area contributed by atoms with Gasteiger partial charge in [0, 0.05) is 31.1 Å². The second-order valence-electron chi connectivity index (χ2n) is 8.07. The van der Waals surface area contributed by atoms with E-state index in [4.69, 9.17) is 9.47 Å². The molecule has 1 saturated carbocycles. The fraction of sp³-hybridized carbons (Fsp3) is 0.609. The molecule has 7 nitrogen and oxygen atoms in total. The lowest BCUT2D eigenvalue weighted by Crippen LogP contribution is -2.46. The first kappa shape index (κ1) is 23.7. The van der Waals surface area contributed by atoms with Crippen molar-refractivity contribution in [2.45, 2.75) is 72.1 Å². The minimum Gasteiger partial charge on any atom is -0.448 e. The Balaban J connectivity index is 2.05. The van der Waals surface area contributed by atoms with Crippen molar-refractivity contribution < 1.29 is 19.1 Å². The molecule has 1 aliphatic rings. The third kappa shape index (κ3) is 5.96.